The Bertz CT molecular complexity index is 2260. The summed E-state index contributed by atoms with van der Waals surface area (Å²) in [5.41, 5.74) is 3.37. The van der Waals surface area contributed by atoms with Gasteiger partial charge in [0.25, 0.3) is 20.0 Å². The summed E-state index contributed by atoms with van der Waals surface area (Å²) in [5.74, 6) is 2.85. The van der Waals surface area contributed by atoms with Crippen LogP contribution in [0.1, 0.15) is 28.7 Å². The highest BCUT2D eigenvalue weighted by Crippen LogP contribution is 2.24. The van der Waals surface area contributed by atoms with Gasteiger partial charge in [-0.05, 0) is 89.3 Å². The third kappa shape index (κ3) is 11.7. The Morgan fingerprint density at radius 2 is 0.948 bits per heavy atom. The van der Waals surface area contributed by atoms with E-state index in [0.29, 0.717) is 24.5 Å². The highest BCUT2D eigenvalue weighted by atomic mass is 32.2. The van der Waals surface area contributed by atoms with Crippen LogP contribution in [-0.4, -0.2) is 85.6 Å². The molecule has 2 heterocycles. The number of methoxy groups -OCH3 is 4. The van der Waals surface area contributed by atoms with E-state index in [2.05, 4.69) is 15.3 Å². The first-order valence-electron chi connectivity index (χ1n) is 18.1. The minimum absolute atomic E-state index is 0.0169. The molecule has 0 atom stereocenters. The second-order valence-corrected chi connectivity index (χ2v) is 16.6. The number of aromatic nitrogens is 4. The van der Waals surface area contributed by atoms with E-state index in [1.165, 1.54) is 31.6 Å². The quantitative estimate of drug-likeness (QED) is 0.105. The lowest BCUT2D eigenvalue weighted by Gasteiger charge is -2.22. The van der Waals surface area contributed by atoms with Gasteiger partial charge in [0.1, 0.15) is 23.0 Å². The molecular formula is C41H48N6O9S2. The van der Waals surface area contributed by atoms with Gasteiger partial charge in [-0.15, -0.1) is 0 Å². The van der Waals surface area contributed by atoms with Crippen molar-refractivity contribution in [3.8, 4) is 23.0 Å². The number of aryl methyl sites for hydroxylation is 1. The molecule has 17 heteroatoms. The number of H-pyrrole nitrogens is 1. The average molecular weight is 833 g/mol. The molecular weight excluding hydrogens is 785 g/mol. The number of sulfonamides is 2. The third-order valence-corrected chi connectivity index (χ3v) is 12.3. The fraction of sp³-hybridized carbons (Fsp3) is 0.268. The van der Waals surface area contributed by atoms with Crippen LogP contribution in [0.3, 0.4) is 0 Å². The first-order valence-corrected chi connectivity index (χ1v) is 21.0. The van der Waals surface area contributed by atoms with Gasteiger partial charge < -0.3 is 24.1 Å². The molecule has 0 spiro atoms. The molecule has 6 rings (SSSR count). The molecule has 58 heavy (non-hydrogen) atoms. The lowest BCUT2D eigenvalue weighted by Crippen LogP contribution is -2.30. The van der Waals surface area contributed by atoms with Crippen LogP contribution < -0.4 is 18.9 Å². The predicted molar refractivity (Wildman–Crippen MR) is 217 cm³/mol. The molecule has 15 nitrogen and oxygen atoms in total. The number of hydrogen-bond donors (Lipinski definition) is 2. The normalized spacial score (nSPS) is 11.6. The molecule has 0 unspecified atom stereocenters. The standard InChI is InChI=1S/C22H27N3O5S.C19H21N3O4S/c1-29-20-8-4-18(5-9-20)16-25(17-19-6-10-21(30-2)11-7-19)31(27,28)22-12-14-24(23-22)13-3-15-26;1-25-17-7-3-15(4-8-17)13-22(27(23,24)19-11-12-20-21-19)14-16-5-9-18(26-2)10-6-16/h4-12,14,26H,3,13,15-17H2,1-2H3;3-12H,13-14H2,1-2H3,(H,20,21). The number of ether oxygens (including phenoxy) is 4. The Labute approximate surface area is 339 Å². The number of rotatable bonds is 19. The summed E-state index contributed by atoms with van der Waals surface area (Å²) in [7, 11) is -1.24. The smallest absolute Gasteiger partial charge is 0.262 e. The van der Waals surface area contributed by atoms with Crippen molar-refractivity contribution in [3.63, 3.8) is 0 Å². The molecule has 0 aliphatic rings. The van der Waals surface area contributed by atoms with Crippen LogP contribution in [0.25, 0.3) is 0 Å². The number of aliphatic hydroxyl groups excluding tert-OH is 1. The van der Waals surface area contributed by atoms with Crippen LogP contribution in [0.4, 0.5) is 0 Å². The molecule has 0 bridgehead atoms. The molecule has 2 N–H and O–H groups in total. The molecule has 0 radical (unpaired) electrons. The minimum Gasteiger partial charge on any atom is -0.497 e. The minimum atomic E-state index is -3.86. The van der Waals surface area contributed by atoms with Crippen LogP contribution >= 0.6 is 0 Å². The zero-order chi connectivity index (χ0) is 41.5. The van der Waals surface area contributed by atoms with Gasteiger partial charge in [0, 0.05) is 45.5 Å². The summed E-state index contributed by atoms with van der Waals surface area (Å²) in [6.45, 7) is 1.27. The van der Waals surface area contributed by atoms with Crippen molar-refractivity contribution in [2.75, 3.05) is 35.0 Å². The largest absolute Gasteiger partial charge is 0.497 e. The highest BCUT2D eigenvalue weighted by Gasteiger charge is 2.28. The maximum Gasteiger partial charge on any atom is 0.262 e. The second-order valence-electron chi connectivity index (χ2n) is 12.9. The Balaban J connectivity index is 0.000000223. The van der Waals surface area contributed by atoms with Gasteiger partial charge >= 0.3 is 0 Å². The Morgan fingerprint density at radius 1 is 0.569 bits per heavy atom. The summed E-state index contributed by atoms with van der Waals surface area (Å²) >= 11 is 0. The van der Waals surface area contributed by atoms with Crippen LogP contribution in [-0.2, 0) is 52.8 Å². The van der Waals surface area contributed by atoms with Crippen molar-refractivity contribution >= 4 is 20.0 Å². The molecule has 0 saturated heterocycles. The number of aliphatic hydroxyl groups is 1. The van der Waals surface area contributed by atoms with E-state index >= 15 is 0 Å². The van der Waals surface area contributed by atoms with Gasteiger partial charge in [0.15, 0.2) is 10.1 Å². The number of benzene rings is 4. The van der Waals surface area contributed by atoms with Crippen molar-refractivity contribution in [1.82, 2.24) is 28.6 Å². The molecule has 0 aliphatic heterocycles. The Hall–Kier alpha value is -5.72. The maximum absolute atomic E-state index is 13.4. The summed E-state index contributed by atoms with van der Waals surface area (Å²) in [6, 6.07) is 32.2. The van der Waals surface area contributed by atoms with Gasteiger partial charge in [-0.1, -0.05) is 48.5 Å². The van der Waals surface area contributed by atoms with E-state index < -0.39 is 20.0 Å². The van der Waals surface area contributed by atoms with E-state index in [-0.39, 0.29) is 42.8 Å². The van der Waals surface area contributed by atoms with E-state index in [0.717, 1.165) is 33.8 Å². The van der Waals surface area contributed by atoms with Crippen LogP contribution in [0, 0.1) is 0 Å². The molecule has 0 saturated carbocycles. The number of hydrogen-bond acceptors (Lipinski definition) is 11. The molecule has 0 fully saturated rings. The topological polar surface area (TPSA) is 178 Å². The zero-order valence-electron chi connectivity index (χ0n) is 32.8. The highest BCUT2D eigenvalue weighted by molar-refractivity contribution is 7.89. The Morgan fingerprint density at radius 3 is 1.28 bits per heavy atom. The van der Waals surface area contributed by atoms with Crippen LogP contribution in [0.5, 0.6) is 23.0 Å². The summed E-state index contributed by atoms with van der Waals surface area (Å²) in [4.78, 5) is 0. The van der Waals surface area contributed by atoms with E-state index in [4.69, 9.17) is 24.1 Å². The predicted octanol–water partition coefficient (Wildman–Crippen LogP) is 5.49. The average Bonchev–Trinajstić information content (AvgIpc) is 3.98. The fourth-order valence-corrected chi connectivity index (χ4v) is 8.35. The lowest BCUT2D eigenvalue weighted by atomic mass is 10.2. The van der Waals surface area contributed by atoms with Crippen LogP contribution in [0.2, 0.25) is 0 Å². The van der Waals surface area contributed by atoms with E-state index in [1.54, 1.807) is 58.9 Å². The summed E-state index contributed by atoms with van der Waals surface area (Å²) in [6.07, 6.45) is 3.54. The van der Waals surface area contributed by atoms with Gasteiger partial charge in [-0.25, -0.2) is 16.8 Å². The first-order chi connectivity index (χ1) is 28.0. The lowest BCUT2D eigenvalue weighted by molar-refractivity contribution is 0.276. The van der Waals surface area contributed by atoms with Crippen molar-refractivity contribution in [2.45, 2.75) is 49.2 Å². The number of nitrogens with zero attached hydrogens (tertiary/aromatic N) is 5. The molecule has 0 amide bonds. The summed E-state index contributed by atoms with van der Waals surface area (Å²) in [5, 5.41) is 19.6. The van der Waals surface area contributed by atoms with Gasteiger partial charge in [0.2, 0.25) is 0 Å². The van der Waals surface area contributed by atoms with Gasteiger partial charge in [0.05, 0.1) is 34.6 Å². The third-order valence-electron chi connectivity index (χ3n) is 8.93. The maximum atomic E-state index is 13.4. The zero-order valence-corrected chi connectivity index (χ0v) is 34.4. The van der Waals surface area contributed by atoms with Gasteiger partial charge in [-0.2, -0.15) is 18.8 Å². The molecule has 0 aliphatic carbocycles. The van der Waals surface area contributed by atoms with E-state index in [1.807, 2.05) is 72.8 Å². The molecule has 2 aromatic heterocycles. The van der Waals surface area contributed by atoms with Crippen molar-refractivity contribution < 1.29 is 40.9 Å². The molecule has 6 aromatic rings. The van der Waals surface area contributed by atoms with Crippen molar-refractivity contribution in [2.24, 2.45) is 0 Å². The SMILES string of the molecule is COc1ccc(CN(Cc2ccc(OC)cc2)S(=O)(=O)c2ccn(CCCO)n2)cc1.COc1ccc(CN(Cc2ccc(OC)cc2)S(=O)(=O)c2ccn[nH]2)cc1. The number of aromatic amines is 1. The van der Waals surface area contributed by atoms with Gasteiger partial charge in [-0.3, -0.25) is 9.78 Å². The van der Waals surface area contributed by atoms with Crippen LogP contribution in [0.15, 0.2) is 132 Å². The summed E-state index contributed by atoms with van der Waals surface area (Å²) < 4.78 is 78.0. The number of nitrogens with one attached hydrogen (secondary N) is 1. The fourth-order valence-electron chi connectivity index (χ4n) is 5.69. The van der Waals surface area contributed by atoms with Crippen molar-refractivity contribution in [1.29, 1.82) is 0 Å². The van der Waals surface area contributed by atoms with Crippen molar-refractivity contribution in [3.05, 3.63) is 144 Å². The molecule has 308 valence electrons. The Kier molecular flexibility index (Phi) is 15.4. The monoisotopic (exact) mass is 832 g/mol. The second kappa shape index (κ2) is 20.6. The molecule has 4 aromatic carbocycles. The first kappa shape index (κ1) is 43.4. The van der Waals surface area contributed by atoms with E-state index in [9.17, 15) is 16.8 Å².